The van der Waals surface area contributed by atoms with Crippen molar-refractivity contribution in [1.82, 2.24) is 20.1 Å². The third kappa shape index (κ3) is 4.78. The zero-order chi connectivity index (χ0) is 17.3. The van der Waals surface area contributed by atoms with Gasteiger partial charge in [-0.2, -0.15) is 5.10 Å². The standard InChI is InChI=1S/C19H27N5.2ClH/c1-13-16-17(20-11-8-12-21-19(2,3)4)14-9-6-7-10-15(14)22-18(16)24(5)23-13;;/h6-7,9-10,21H,8,11-12H2,1-5H3,(H,20,22);2*1H. The van der Waals surface area contributed by atoms with E-state index in [2.05, 4.69) is 54.7 Å². The molecule has 3 aromatic rings. The van der Waals surface area contributed by atoms with Crippen LogP contribution in [0.15, 0.2) is 24.3 Å². The van der Waals surface area contributed by atoms with Crippen molar-refractivity contribution in [1.29, 1.82) is 0 Å². The first kappa shape index (κ1) is 22.5. The summed E-state index contributed by atoms with van der Waals surface area (Å²) in [6, 6.07) is 8.28. The molecule has 0 amide bonds. The molecule has 2 heterocycles. The van der Waals surface area contributed by atoms with Crippen molar-refractivity contribution in [3.05, 3.63) is 30.0 Å². The molecular formula is C19H29Cl2N5. The summed E-state index contributed by atoms with van der Waals surface area (Å²) in [4.78, 5) is 4.78. The van der Waals surface area contributed by atoms with E-state index in [4.69, 9.17) is 4.98 Å². The molecule has 144 valence electrons. The van der Waals surface area contributed by atoms with Crippen molar-refractivity contribution in [3.8, 4) is 0 Å². The number of nitrogens with zero attached hydrogens (tertiary/aromatic N) is 3. The Morgan fingerprint density at radius 2 is 1.77 bits per heavy atom. The molecule has 0 saturated carbocycles. The second kappa shape index (κ2) is 8.89. The zero-order valence-electron chi connectivity index (χ0n) is 16.1. The molecule has 3 rings (SSSR count). The molecule has 5 nitrogen and oxygen atoms in total. The van der Waals surface area contributed by atoms with Crippen molar-refractivity contribution < 1.29 is 0 Å². The van der Waals surface area contributed by atoms with Gasteiger partial charge in [0.15, 0.2) is 5.65 Å². The maximum atomic E-state index is 4.78. The lowest BCUT2D eigenvalue weighted by molar-refractivity contribution is 0.425. The summed E-state index contributed by atoms with van der Waals surface area (Å²) >= 11 is 0. The molecule has 0 fully saturated rings. The fraction of sp³-hybridized carbons (Fsp3) is 0.474. The third-order valence-electron chi connectivity index (χ3n) is 4.15. The smallest absolute Gasteiger partial charge is 0.160 e. The van der Waals surface area contributed by atoms with Crippen molar-refractivity contribution in [2.24, 2.45) is 7.05 Å². The minimum Gasteiger partial charge on any atom is -0.384 e. The van der Waals surface area contributed by atoms with Gasteiger partial charge in [-0.1, -0.05) is 18.2 Å². The van der Waals surface area contributed by atoms with Gasteiger partial charge in [0.1, 0.15) is 0 Å². The van der Waals surface area contributed by atoms with Crippen LogP contribution in [-0.4, -0.2) is 33.4 Å². The predicted octanol–water partition coefficient (Wildman–Crippen LogP) is 4.46. The van der Waals surface area contributed by atoms with Gasteiger partial charge in [0.25, 0.3) is 0 Å². The molecule has 2 N–H and O–H groups in total. The van der Waals surface area contributed by atoms with E-state index in [1.54, 1.807) is 0 Å². The quantitative estimate of drug-likeness (QED) is 0.623. The summed E-state index contributed by atoms with van der Waals surface area (Å²) < 4.78 is 1.86. The second-order valence-corrected chi connectivity index (χ2v) is 7.37. The van der Waals surface area contributed by atoms with Crippen LogP contribution in [0, 0.1) is 6.92 Å². The van der Waals surface area contributed by atoms with Crippen LogP contribution in [0.5, 0.6) is 0 Å². The van der Waals surface area contributed by atoms with Crippen LogP contribution in [0.3, 0.4) is 0 Å². The molecule has 0 aliphatic carbocycles. The summed E-state index contributed by atoms with van der Waals surface area (Å²) in [5, 5.41) is 14.0. The molecule has 0 aliphatic rings. The first-order chi connectivity index (χ1) is 11.4. The van der Waals surface area contributed by atoms with Crippen LogP contribution < -0.4 is 10.6 Å². The third-order valence-corrected chi connectivity index (χ3v) is 4.15. The minimum absolute atomic E-state index is 0. The van der Waals surface area contributed by atoms with E-state index in [0.29, 0.717) is 0 Å². The highest BCUT2D eigenvalue weighted by molar-refractivity contribution is 6.07. The zero-order valence-corrected chi connectivity index (χ0v) is 17.7. The van der Waals surface area contributed by atoms with E-state index in [0.717, 1.165) is 52.8 Å². The lowest BCUT2D eigenvalue weighted by Gasteiger charge is -2.20. The van der Waals surface area contributed by atoms with Crippen LogP contribution in [0.1, 0.15) is 32.9 Å². The van der Waals surface area contributed by atoms with Gasteiger partial charge >= 0.3 is 0 Å². The number of halogens is 2. The van der Waals surface area contributed by atoms with Gasteiger partial charge < -0.3 is 10.6 Å². The van der Waals surface area contributed by atoms with Crippen molar-refractivity contribution in [2.45, 2.75) is 39.7 Å². The van der Waals surface area contributed by atoms with Gasteiger partial charge in [0, 0.05) is 24.5 Å². The lowest BCUT2D eigenvalue weighted by atomic mass is 10.1. The molecule has 1 aromatic carbocycles. The number of hydrogen-bond donors (Lipinski definition) is 2. The van der Waals surface area contributed by atoms with Crippen molar-refractivity contribution >= 4 is 52.4 Å². The van der Waals surface area contributed by atoms with Gasteiger partial charge in [0.2, 0.25) is 0 Å². The SMILES string of the molecule is Cc1nn(C)c2nc3ccccc3c(NCCCNC(C)(C)C)c12.Cl.Cl. The van der Waals surface area contributed by atoms with Gasteiger partial charge in [-0.05, 0) is 46.7 Å². The van der Waals surface area contributed by atoms with Gasteiger partial charge in [-0.25, -0.2) is 4.98 Å². The van der Waals surface area contributed by atoms with Crippen LogP contribution in [0.4, 0.5) is 5.69 Å². The Hall–Kier alpha value is -1.56. The Morgan fingerprint density at radius 3 is 2.46 bits per heavy atom. The van der Waals surface area contributed by atoms with E-state index in [-0.39, 0.29) is 30.4 Å². The molecule has 0 bridgehead atoms. The van der Waals surface area contributed by atoms with Crippen LogP contribution in [0.25, 0.3) is 21.9 Å². The summed E-state index contributed by atoms with van der Waals surface area (Å²) in [7, 11) is 1.95. The molecule has 0 unspecified atom stereocenters. The Balaban J connectivity index is 0.00000169. The second-order valence-electron chi connectivity index (χ2n) is 7.37. The number of rotatable bonds is 5. The number of fused-ring (bicyclic) bond motifs is 2. The Morgan fingerprint density at radius 1 is 1.08 bits per heavy atom. The minimum atomic E-state index is 0. The first-order valence-corrected chi connectivity index (χ1v) is 8.58. The fourth-order valence-electron chi connectivity index (χ4n) is 3.05. The number of para-hydroxylation sites is 1. The molecule has 0 atom stereocenters. The predicted molar refractivity (Wildman–Crippen MR) is 116 cm³/mol. The number of anilines is 1. The average molecular weight is 398 g/mol. The number of pyridine rings is 1. The number of benzene rings is 1. The highest BCUT2D eigenvalue weighted by atomic mass is 35.5. The number of aromatic nitrogens is 3. The molecule has 0 saturated heterocycles. The van der Waals surface area contributed by atoms with Crippen LogP contribution in [-0.2, 0) is 7.05 Å². The van der Waals surface area contributed by atoms with E-state index >= 15 is 0 Å². The molecule has 0 radical (unpaired) electrons. The van der Waals surface area contributed by atoms with E-state index in [1.165, 1.54) is 0 Å². The maximum absolute atomic E-state index is 4.78. The number of aryl methyl sites for hydroxylation is 2. The van der Waals surface area contributed by atoms with Gasteiger partial charge in [-0.3, -0.25) is 4.68 Å². The Bertz CT molecular complexity index is 868. The maximum Gasteiger partial charge on any atom is 0.160 e. The molecular weight excluding hydrogens is 369 g/mol. The number of nitrogens with one attached hydrogen (secondary N) is 2. The average Bonchev–Trinajstić information content (AvgIpc) is 2.79. The summed E-state index contributed by atoms with van der Waals surface area (Å²) in [6.45, 7) is 10.5. The monoisotopic (exact) mass is 397 g/mol. The topological polar surface area (TPSA) is 54.8 Å². The fourth-order valence-corrected chi connectivity index (χ4v) is 3.05. The largest absolute Gasteiger partial charge is 0.384 e. The highest BCUT2D eigenvalue weighted by Crippen LogP contribution is 2.32. The van der Waals surface area contributed by atoms with Crippen LogP contribution >= 0.6 is 24.8 Å². The van der Waals surface area contributed by atoms with Gasteiger partial charge in [0.05, 0.1) is 22.3 Å². The Labute approximate surface area is 167 Å². The van der Waals surface area contributed by atoms with E-state index in [9.17, 15) is 0 Å². The number of hydrogen-bond acceptors (Lipinski definition) is 4. The molecule has 2 aromatic heterocycles. The summed E-state index contributed by atoms with van der Waals surface area (Å²) in [5.74, 6) is 0. The molecule has 7 heteroatoms. The summed E-state index contributed by atoms with van der Waals surface area (Å²) in [6.07, 6.45) is 1.06. The molecule has 26 heavy (non-hydrogen) atoms. The van der Waals surface area contributed by atoms with Crippen molar-refractivity contribution in [3.63, 3.8) is 0 Å². The van der Waals surface area contributed by atoms with E-state index < -0.39 is 0 Å². The van der Waals surface area contributed by atoms with E-state index in [1.807, 2.05) is 24.7 Å². The normalized spacial score (nSPS) is 11.3. The lowest BCUT2D eigenvalue weighted by Crippen LogP contribution is -2.36. The summed E-state index contributed by atoms with van der Waals surface area (Å²) in [5.41, 5.74) is 4.26. The van der Waals surface area contributed by atoms with Gasteiger partial charge in [-0.15, -0.1) is 24.8 Å². The molecule has 0 spiro atoms. The Kier molecular flexibility index (Phi) is 7.69. The highest BCUT2D eigenvalue weighted by Gasteiger charge is 2.15. The van der Waals surface area contributed by atoms with Crippen LogP contribution in [0.2, 0.25) is 0 Å². The first-order valence-electron chi connectivity index (χ1n) is 8.58. The molecule has 0 aliphatic heterocycles. The van der Waals surface area contributed by atoms with Crippen molar-refractivity contribution in [2.75, 3.05) is 18.4 Å².